The molecule has 0 heterocycles. The van der Waals surface area contributed by atoms with Crippen LogP contribution in [-0.4, -0.2) is 32.4 Å². The van der Waals surface area contributed by atoms with E-state index in [1.807, 2.05) is 19.1 Å². The molecule has 2 atom stereocenters. The average molecular weight is 299 g/mol. The molecule has 1 aromatic carbocycles. The zero-order valence-corrected chi connectivity index (χ0v) is 13.1. The summed E-state index contributed by atoms with van der Waals surface area (Å²) in [4.78, 5) is 0.383. The van der Waals surface area contributed by atoms with Crippen molar-refractivity contribution in [1.29, 1.82) is 0 Å². The first kappa shape index (κ1) is 17.1. The number of hydrogen-bond acceptors (Lipinski definition) is 4. The maximum atomic E-state index is 11.9. The third-order valence-corrected chi connectivity index (χ3v) is 5.59. The van der Waals surface area contributed by atoms with Crippen molar-refractivity contribution < 1.29 is 13.5 Å². The first-order chi connectivity index (χ1) is 9.44. The van der Waals surface area contributed by atoms with Crippen molar-refractivity contribution in [3.05, 3.63) is 29.8 Å². The lowest BCUT2D eigenvalue weighted by Crippen LogP contribution is -2.26. The predicted molar refractivity (Wildman–Crippen MR) is 81.3 cm³/mol. The maximum absolute atomic E-state index is 11.9. The molecule has 0 saturated carbocycles. The summed E-state index contributed by atoms with van der Waals surface area (Å²) in [7, 11) is -3.14. The molecule has 1 rings (SSSR count). The van der Waals surface area contributed by atoms with E-state index in [0.717, 1.165) is 12.0 Å². The summed E-state index contributed by atoms with van der Waals surface area (Å²) in [5.41, 5.74) is 6.68. The van der Waals surface area contributed by atoms with Crippen LogP contribution in [0.15, 0.2) is 29.2 Å². The third kappa shape index (κ3) is 4.58. The molecule has 5 heteroatoms. The van der Waals surface area contributed by atoms with Gasteiger partial charge in [-0.05, 0) is 48.9 Å². The molecule has 20 heavy (non-hydrogen) atoms. The van der Waals surface area contributed by atoms with E-state index in [0.29, 0.717) is 17.9 Å². The summed E-state index contributed by atoms with van der Waals surface area (Å²) in [5, 5.41) is 9.22. The minimum atomic E-state index is -3.14. The molecule has 0 bridgehead atoms. The summed E-state index contributed by atoms with van der Waals surface area (Å²) >= 11 is 0. The highest BCUT2D eigenvalue weighted by Gasteiger charge is 2.16. The highest BCUT2D eigenvalue weighted by Crippen LogP contribution is 2.19. The summed E-state index contributed by atoms with van der Waals surface area (Å²) in [5.74, 6) is 0.532. The Morgan fingerprint density at radius 2 is 1.85 bits per heavy atom. The molecule has 4 nitrogen and oxygen atoms in total. The summed E-state index contributed by atoms with van der Waals surface area (Å²) in [6.45, 7) is 4.45. The molecule has 0 radical (unpaired) electrons. The first-order valence-electron chi connectivity index (χ1n) is 7.07. The molecule has 0 spiro atoms. The van der Waals surface area contributed by atoms with Gasteiger partial charge in [0.15, 0.2) is 9.84 Å². The Bertz CT molecular complexity index is 492. The van der Waals surface area contributed by atoms with Gasteiger partial charge in [0.25, 0.3) is 0 Å². The number of aliphatic hydroxyl groups is 1. The lowest BCUT2D eigenvalue weighted by molar-refractivity contribution is 0.187. The van der Waals surface area contributed by atoms with Gasteiger partial charge in [0.1, 0.15) is 0 Å². The summed E-state index contributed by atoms with van der Waals surface area (Å²) in [6.07, 6.45) is 1.41. The monoisotopic (exact) mass is 299 g/mol. The maximum Gasteiger partial charge on any atom is 0.178 e. The van der Waals surface area contributed by atoms with E-state index in [4.69, 9.17) is 5.73 Å². The molecule has 3 N–H and O–H groups in total. The molecule has 0 aromatic heterocycles. The van der Waals surface area contributed by atoms with Crippen molar-refractivity contribution in [3.8, 4) is 0 Å². The Kier molecular flexibility index (Phi) is 6.65. The molecule has 114 valence electrons. The van der Waals surface area contributed by atoms with E-state index in [1.54, 1.807) is 12.1 Å². The van der Waals surface area contributed by atoms with E-state index < -0.39 is 9.84 Å². The highest BCUT2D eigenvalue weighted by atomic mass is 32.2. The first-order valence-corrected chi connectivity index (χ1v) is 8.72. The van der Waals surface area contributed by atoms with Crippen LogP contribution >= 0.6 is 0 Å². The number of hydrogen-bond donors (Lipinski definition) is 2. The van der Waals surface area contributed by atoms with Crippen LogP contribution in [-0.2, 0) is 16.3 Å². The second-order valence-corrected chi connectivity index (χ2v) is 7.43. The molecular weight excluding hydrogens is 274 g/mol. The molecule has 0 aliphatic heterocycles. The van der Waals surface area contributed by atoms with Crippen molar-refractivity contribution in [2.45, 2.75) is 31.6 Å². The quantitative estimate of drug-likeness (QED) is 0.764. The average Bonchev–Trinajstić information content (AvgIpc) is 2.40. The van der Waals surface area contributed by atoms with E-state index in [9.17, 15) is 13.5 Å². The number of aliphatic hydroxyl groups excluding tert-OH is 1. The van der Waals surface area contributed by atoms with E-state index in [-0.39, 0.29) is 24.2 Å². The second-order valence-electron chi connectivity index (χ2n) is 5.32. The van der Waals surface area contributed by atoms with Gasteiger partial charge in [-0.25, -0.2) is 8.42 Å². The molecule has 0 amide bonds. The molecular formula is C15H25NO3S. The van der Waals surface area contributed by atoms with Crippen molar-refractivity contribution >= 4 is 9.84 Å². The van der Waals surface area contributed by atoms with Crippen LogP contribution < -0.4 is 5.73 Å². The zero-order chi connectivity index (χ0) is 15.2. The fraction of sp³-hybridized carbons (Fsp3) is 0.600. The van der Waals surface area contributed by atoms with Crippen molar-refractivity contribution in [2.24, 2.45) is 17.6 Å². The number of benzene rings is 1. The van der Waals surface area contributed by atoms with Crippen LogP contribution in [0.5, 0.6) is 0 Å². The fourth-order valence-electron chi connectivity index (χ4n) is 2.24. The predicted octanol–water partition coefficient (Wildman–Crippen LogP) is 1.62. The van der Waals surface area contributed by atoms with E-state index in [2.05, 4.69) is 6.92 Å². The van der Waals surface area contributed by atoms with Gasteiger partial charge in [0, 0.05) is 6.61 Å². The number of rotatable bonds is 8. The molecule has 2 unspecified atom stereocenters. The van der Waals surface area contributed by atoms with E-state index >= 15 is 0 Å². The minimum Gasteiger partial charge on any atom is -0.396 e. The van der Waals surface area contributed by atoms with Gasteiger partial charge < -0.3 is 10.8 Å². The normalized spacial score (nSPS) is 15.0. The smallest absolute Gasteiger partial charge is 0.178 e. The van der Waals surface area contributed by atoms with Crippen LogP contribution in [0.4, 0.5) is 0 Å². The highest BCUT2D eigenvalue weighted by molar-refractivity contribution is 7.91. The Morgan fingerprint density at radius 1 is 1.25 bits per heavy atom. The van der Waals surface area contributed by atoms with Crippen LogP contribution in [0.25, 0.3) is 0 Å². The number of sulfone groups is 1. The molecule has 0 fully saturated rings. The summed E-state index contributed by atoms with van der Waals surface area (Å²) in [6, 6.07) is 7.04. The Balaban J connectivity index is 2.77. The lowest BCUT2D eigenvalue weighted by Gasteiger charge is -2.20. The largest absolute Gasteiger partial charge is 0.396 e. The van der Waals surface area contributed by atoms with Crippen molar-refractivity contribution in [2.75, 3.05) is 18.9 Å². The topological polar surface area (TPSA) is 80.4 Å². The van der Waals surface area contributed by atoms with Gasteiger partial charge in [-0.1, -0.05) is 26.0 Å². The Morgan fingerprint density at radius 3 is 2.30 bits per heavy atom. The van der Waals surface area contributed by atoms with Crippen molar-refractivity contribution in [3.63, 3.8) is 0 Å². The standard InChI is InChI=1S/C15H25NO3S/c1-3-8-20(18,19)15-6-4-13(5-7-15)9-12(2)14(10-16)11-17/h4-7,12,14,17H,3,8-11,16H2,1-2H3. The molecule has 0 aliphatic carbocycles. The molecule has 0 aliphatic rings. The summed E-state index contributed by atoms with van der Waals surface area (Å²) < 4.78 is 23.8. The van der Waals surface area contributed by atoms with Crippen LogP contribution in [0.2, 0.25) is 0 Å². The van der Waals surface area contributed by atoms with Crippen molar-refractivity contribution in [1.82, 2.24) is 0 Å². The minimum absolute atomic E-state index is 0.0819. The van der Waals surface area contributed by atoms with Gasteiger partial charge in [-0.3, -0.25) is 0 Å². The van der Waals surface area contributed by atoms with Gasteiger partial charge in [0.2, 0.25) is 0 Å². The third-order valence-electron chi connectivity index (χ3n) is 3.65. The Hall–Kier alpha value is -0.910. The lowest BCUT2D eigenvalue weighted by atomic mass is 9.89. The van der Waals surface area contributed by atoms with Gasteiger partial charge in [0.05, 0.1) is 10.6 Å². The van der Waals surface area contributed by atoms with Crippen LogP contribution in [0.1, 0.15) is 25.8 Å². The van der Waals surface area contributed by atoms with E-state index in [1.165, 1.54) is 0 Å². The Labute approximate surface area is 121 Å². The second kappa shape index (κ2) is 7.76. The number of nitrogens with two attached hydrogens (primary N) is 1. The van der Waals surface area contributed by atoms with Gasteiger partial charge in [-0.2, -0.15) is 0 Å². The molecule has 1 aromatic rings. The fourth-order valence-corrected chi connectivity index (χ4v) is 3.57. The van der Waals surface area contributed by atoms with Gasteiger partial charge >= 0.3 is 0 Å². The zero-order valence-electron chi connectivity index (χ0n) is 12.2. The van der Waals surface area contributed by atoms with Gasteiger partial charge in [-0.15, -0.1) is 0 Å². The van der Waals surface area contributed by atoms with Crippen LogP contribution in [0.3, 0.4) is 0 Å². The molecule has 0 saturated heterocycles. The SMILES string of the molecule is CCCS(=O)(=O)c1ccc(CC(C)C(CN)CO)cc1. The van der Waals surface area contributed by atoms with Crippen LogP contribution in [0, 0.1) is 11.8 Å².